The molecule has 9 heteroatoms. The maximum Gasteiger partial charge on any atom is 0.241 e. The summed E-state index contributed by atoms with van der Waals surface area (Å²) < 4.78 is 38.4. The van der Waals surface area contributed by atoms with Crippen molar-refractivity contribution in [3.05, 3.63) is 59.9 Å². The van der Waals surface area contributed by atoms with E-state index < -0.39 is 28.3 Å². The number of carbonyl (C=O) groups is 2. The number of carbonyl (C=O) groups excluding carboxylic acids is 2. The molecule has 0 aliphatic carbocycles. The molecule has 1 fully saturated rings. The Bertz CT molecular complexity index is 1030. The average Bonchev–Trinajstić information content (AvgIpc) is 3.10. The minimum Gasteiger partial charge on any atom is -0.350 e. The third-order valence-corrected chi connectivity index (χ3v) is 5.71. The summed E-state index contributed by atoms with van der Waals surface area (Å²) in [5.41, 5.74) is 1.64. The number of nitrogens with one attached hydrogen (secondary N) is 1. The number of anilines is 2. The fraction of sp³-hybridized carbons (Fsp3) is 0.300. The number of halogens is 1. The van der Waals surface area contributed by atoms with Gasteiger partial charge in [-0.15, -0.1) is 0 Å². The molecule has 1 aliphatic rings. The van der Waals surface area contributed by atoms with Crippen molar-refractivity contribution in [3.8, 4) is 0 Å². The van der Waals surface area contributed by atoms with Crippen LogP contribution in [0.3, 0.4) is 0 Å². The minimum atomic E-state index is -3.77. The summed E-state index contributed by atoms with van der Waals surface area (Å²) in [6, 6.07) is 12.3. The molecule has 0 aromatic heterocycles. The van der Waals surface area contributed by atoms with Crippen molar-refractivity contribution < 1.29 is 22.4 Å². The lowest BCUT2D eigenvalue weighted by molar-refractivity contribution is -0.120. The Morgan fingerprint density at radius 2 is 1.97 bits per heavy atom. The molecule has 0 spiro atoms. The van der Waals surface area contributed by atoms with Crippen LogP contribution in [0.4, 0.5) is 15.8 Å². The molecule has 29 heavy (non-hydrogen) atoms. The van der Waals surface area contributed by atoms with Crippen molar-refractivity contribution in [3.63, 3.8) is 0 Å². The second-order valence-electron chi connectivity index (χ2n) is 6.85. The van der Waals surface area contributed by atoms with Crippen molar-refractivity contribution in [2.45, 2.75) is 19.4 Å². The van der Waals surface area contributed by atoms with Crippen LogP contribution in [-0.4, -0.2) is 39.6 Å². The van der Waals surface area contributed by atoms with Gasteiger partial charge in [0, 0.05) is 25.2 Å². The summed E-state index contributed by atoms with van der Waals surface area (Å²) in [5, 5.41) is 2.67. The summed E-state index contributed by atoms with van der Waals surface area (Å²) in [4.78, 5) is 26.0. The molecule has 3 rings (SSSR count). The van der Waals surface area contributed by atoms with E-state index in [1.54, 1.807) is 11.0 Å². The standard InChI is InChI=1S/C20H22FN3O4S/c1-29(27,28)24(18-8-3-6-16(21)12-18)14-19(25)22-13-15-5-2-7-17(11-15)23-10-4-9-20(23)26/h2-3,5-8,11-12H,4,9-10,13-14H2,1H3,(H,22,25). The van der Waals surface area contributed by atoms with Crippen LogP contribution in [0.5, 0.6) is 0 Å². The molecule has 0 radical (unpaired) electrons. The number of amides is 2. The lowest BCUT2D eigenvalue weighted by atomic mass is 10.2. The van der Waals surface area contributed by atoms with Gasteiger partial charge in [0.25, 0.3) is 0 Å². The van der Waals surface area contributed by atoms with Gasteiger partial charge in [0.05, 0.1) is 11.9 Å². The van der Waals surface area contributed by atoms with E-state index in [2.05, 4.69) is 5.32 Å². The van der Waals surface area contributed by atoms with Gasteiger partial charge in [-0.25, -0.2) is 12.8 Å². The van der Waals surface area contributed by atoms with E-state index in [1.165, 1.54) is 18.2 Å². The summed E-state index contributed by atoms with van der Waals surface area (Å²) in [6.07, 6.45) is 2.31. The number of sulfonamides is 1. The molecule has 2 amide bonds. The molecule has 7 nitrogen and oxygen atoms in total. The van der Waals surface area contributed by atoms with Crippen LogP contribution in [0.2, 0.25) is 0 Å². The number of rotatable bonds is 7. The van der Waals surface area contributed by atoms with Crippen LogP contribution < -0.4 is 14.5 Å². The van der Waals surface area contributed by atoms with Crippen LogP contribution in [0.15, 0.2) is 48.5 Å². The normalized spacial score (nSPS) is 14.1. The molecule has 0 saturated carbocycles. The van der Waals surface area contributed by atoms with E-state index in [4.69, 9.17) is 0 Å². The fourth-order valence-corrected chi connectivity index (χ4v) is 4.02. The van der Waals surface area contributed by atoms with E-state index in [1.807, 2.05) is 18.2 Å². The van der Waals surface area contributed by atoms with Crippen LogP contribution in [0.25, 0.3) is 0 Å². The van der Waals surface area contributed by atoms with Crippen LogP contribution in [0, 0.1) is 5.82 Å². The van der Waals surface area contributed by atoms with Gasteiger partial charge in [-0.3, -0.25) is 13.9 Å². The lowest BCUT2D eigenvalue weighted by Gasteiger charge is -2.22. The van der Waals surface area contributed by atoms with Crippen molar-refractivity contribution in [2.75, 3.05) is 28.6 Å². The Hall–Kier alpha value is -2.94. The molecule has 1 heterocycles. The Morgan fingerprint density at radius 3 is 2.62 bits per heavy atom. The fourth-order valence-electron chi connectivity index (χ4n) is 3.17. The zero-order valence-electron chi connectivity index (χ0n) is 16.0. The predicted molar refractivity (Wildman–Crippen MR) is 108 cm³/mol. The molecule has 154 valence electrons. The minimum absolute atomic E-state index is 0.0741. The zero-order chi connectivity index (χ0) is 21.0. The largest absolute Gasteiger partial charge is 0.350 e. The van der Waals surface area contributed by atoms with Crippen LogP contribution >= 0.6 is 0 Å². The van der Waals surface area contributed by atoms with Crippen molar-refractivity contribution >= 4 is 33.2 Å². The van der Waals surface area contributed by atoms with Gasteiger partial charge in [0.2, 0.25) is 21.8 Å². The van der Waals surface area contributed by atoms with E-state index in [0.29, 0.717) is 13.0 Å². The van der Waals surface area contributed by atoms with Crippen LogP contribution in [-0.2, 0) is 26.2 Å². The second-order valence-corrected chi connectivity index (χ2v) is 8.75. The zero-order valence-corrected chi connectivity index (χ0v) is 16.8. The first-order chi connectivity index (χ1) is 13.7. The molecular weight excluding hydrogens is 397 g/mol. The average molecular weight is 419 g/mol. The second kappa shape index (κ2) is 8.60. The first-order valence-corrected chi connectivity index (χ1v) is 11.0. The Morgan fingerprint density at radius 1 is 1.21 bits per heavy atom. The quantitative estimate of drug-likeness (QED) is 0.744. The number of benzene rings is 2. The summed E-state index contributed by atoms with van der Waals surface area (Å²) >= 11 is 0. The SMILES string of the molecule is CS(=O)(=O)N(CC(=O)NCc1cccc(N2CCCC2=O)c1)c1cccc(F)c1. The molecule has 2 aromatic rings. The van der Waals surface area contributed by atoms with Crippen molar-refractivity contribution in [1.82, 2.24) is 5.32 Å². The van der Waals surface area contributed by atoms with Gasteiger partial charge in [0.15, 0.2) is 0 Å². The monoisotopic (exact) mass is 419 g/mol. The van der Waals surface area contributed by atoms with E-state index in [9.17, 15) is 22.4 Å². The molecule has 2 aromatic carbocycles. The van der Waals surface area contributed by atoms with Gasteiger partial charge in [-0.1, -0.05) is 18.2 Å². The lowest BCUT2D eigenvalue weighted by Crippen LogP contribution is -2.40. The van der Waals surface area contributed by atoms with Crippen molar-refractivity contribution in [1.29, 1.82) is 0 Å². The summed E-state index contributed by atoms with van der Waals surface area (Å²) in [5.74, 6) is -1.04. The predicted octanol–water partition coefficient (Wildman–Crippen LogP) is 2.03. The maximum absolute atomic E-state index is 13.5. The highest BCUT2D eigenvalue weighted by atomic mass is 32.2. The third kappa shape index (κ3) is 5.32. The van der Waals surface area contributed by atoms with E-state index in [0.717, 1.165) is 34.3 Å². The molecular formula is C20H22FN3O4S. The molecule has 1 aliphatic heterocycles. The molecule has 1 N–H and O–H groups in total. The number of hydrogen-bond donors (Lipinski definition) is 1. The van der Waals surface area contributed by atoms with Gasteiger partial charge < -0.3 is 10.2 Å². The summed E-state index contributed by atoms with van der Waals surface area (Å²) in [6.45, 7) is 0.383. The number of nitrogens with zero attached hydrogens (tertiary/aromatic N) is 2. The maximum atomic E-state index is 13.5. The summed E-state index contributed by atoms with van der Waals surface area (Å²) in [7, 11) is -3.77. The molecule has 1 saturated heterocycles. The van der Waals surface area contributed by atoms with Gasteiger partial charge >= 0.3 is 0 Å². The van der Waals surface area contributed by atoms with Crippen LogP contribution in [0.1, 0.15) is 18.4 Å². The van der Waals surface area contributed by atoms with Gasteiger partial charge in [0.1, 0.15) is 12.4 Å². The van der Waals surface area contributed by atoms with Gasteiger partial charge in [-0.05, 0) is 42.3 Å². The first kappa shape index (κ1) is 20.8. The highest BCUT2D eigenvalue weighted by Gasteiger charge is 2.23. The third-order valence-electron chi connectivity index (χ3n) is 4.57. The highest BCUT2D eigenvalue weighted by molar-refractivity contribution is 7.92. The Labute approximate surface area is 169 Å². The van der Waals surface area contributed by atoms with E-state index >= 15 is 0 Å². The van der Waals surface area contributed by atoms with Gasteiger partial charge in [-0.2, -0.15) is 0 Å². The van der Waals surface area contributed by atoms with E-state index in [-0.39, 0.29) is 18.1 Å². The smallest absolute Gasteiger partial charge is 0.241 e. The Balaban J connectivity index is 1.66. The first-order valence-electron chi connectivity index (χ1n) is 9.13. The topological polar surface area (TPSA) is 86.8 Å². The molecule has 0 atom stereocenters. The molecule has 0 bridgehead atoms. The highest BCUT2D eigenvalue weighted by Crippen LogP contribution is 2.22. The Kier molecular flexibility index (Phi) is 6.17. The van der Waals surface area contributed by atoms with Crippen molar-refractivity contribution in [2.24, 2.45) is 0 Å². The number of hydrogen-bond acceptors (Lipinski definition) is 4. The molecule has 0 unspecified atom stereocenters.